The second-order valence-electron chi connectivity index (χ2n) is 5.44. The first-order chi connectivity index (χ1) is 11.7. The molecule has 0 bridgehead atoms. The number of carboxylic acid groups (broad SMARTS) is 2. The van der Waals surface area contributed by atoms with Crippen molar-refractivity contribution >= 4 is 39.7 Å². The molecule has 0 unspecified atom stereocenters. The average Bonchev–Trinajstić information content (AvgIpc) is 2.50. The Labute approximate surface area is 172 Å². The van der Waals surface area contributed by atoms with Crippen molar-refractivity contribution in [1.82, 2.24) is 6.15 Å². The highest BCUT2D eigenvalue weighted by molar-refractivity contribution is 7.80. The topological polar surface area (TPSA) is 173 Å². The molecule has 0 atom stereocenters. The number of unbranched alkanes of at least 4 members (excludes halogenated alkanes) is 9. The van der Waals surface area contributed by atoms with E-state index in [1.54, 1.807) is 0 Å². The van der Waals surface area contributed by atoms with Gasteiger partial charge in [-0.3, -0.25) is 4.55 Å². The Balaban J connectivity index is -0.000000226. The van der Waals surface area contributed by atoms with Gasteiger partial charge in [-0.1, -0.05) is 64.7 Å². The molecule has 0 heterocycles. The highest BCUT2D eigenvalue weighted by Gasteiger charge is 2.02. The molecular weight excluding hydrogens is 393 g/mol. The summed E-state index contributed by atoms with van der Waals surface area (Å²) < 4.78 is 33.0. The summed E-state index contributed by atoms with van der Waals surface area (Å²) >= 11 is 0. The SMILES string of the molecule is CCCCCCCCCCCCOS(=O)(=O)O.N.O=C(O)/C=C\C(=O)O.[AlH3]. The predicted molar refractivity (Wildman–Crippen MR) is 109 cm³/mol. The number of hydrogen-bond acceptors (Lipinski definition) is 6. The van der Waals surface area contributed by atoms with Crippen molar-refractivity contribution in [2.45, 2.75) is 71.1 Å². The standard InChI is InChI=1S/C12H26O4S.C4H4O4.Al.H3N.3H/c1-2-3-4-5-6-7-8-9-10-11-12-16-17(13,14)15;5-3(6)1-2-4(7)8;;;;;/h2-12H2,1H3,(H,13,14,15);1-2H,(H,5,6)(H,7,8);;1H3;;;/b;2-1-;;;;;. The smallest absolute Gasteiger partial charge is 0.397 e. The molecule has 0 amide bonds. The first kappa shape index (κ1) is 33.6. The van der Waals surface area contributed by atoms with E-state index in [2.05, 4.69) is 11.1 Å². The molecule has 0 saturated heterocycles. The van der Waals surface area contributed by atoms with E-state index >= 15 is 0 Å². The largest absolute Gasteiger partial charge is 0.478 e. The average molecular weight is 430 g/mol. The third kappa shape index (κ3) is 40.8. The van der Waals surface area contributed by atoms with Crippen LogP contribution in [0.2, 0.25) is 0 Å². The molecule has 6 N–H and O–H groups in total. The van der Waals surface area contributed by atoms with Gasteiger partial charge in [0.2, 0.25) is 0 Å². The zero-order chi connectivity index (χ0) is 19.6. The molecule has 11 heteroatoms. The number of carboxylic acids is 2. The summed E-state index contributed by atoms with van der Waals surface area (Å²) in [5.74, 6) is -2.51. The second kappa shape index (κ2) is 23.1. The van der Waals surface area contributed by atoms with Crippen molar-refractivity contribution in [2.24, 2.45) is 0 Å². The van der Waals surface area contributed by atoms with E-state index in [0.717, 1.165) is 12.8 Å². The maximum atomic E-state index is 10.2. The van der Waals surface area contributed by atoms with Gasteiger partial charge in [-0.25, -0.2) is 13.8 Å². The lowest BCUT2D eigenvalue weighted by atomic mass is 10.1. The minimum absolute atomic E-state index is 0. The minimum Gasteiger partial charge on any atom is -0.478 e. The van der Waals surface area contributed by atoms with Crippen LogP contribution in [-0.4, -0.2) is 59.1 Å². The molecule has 0 aliphatic heterocycles. The van der Waals surface area contributed by atoms with Crippen LogP contribution in [0.3, 0.4) is 0 Å². The fourth-order valence-electron chi connectivity index (χ4n) is 1.90. The molecule has 0 aromatic rings. The zero-order valence-corrected chi connectivity index (χ0v) is 16.2. The predicted octanol–water partition coefficient (Wildman–Crippen LogP) is 2.42. The summed E-state index contributed by atoms with van der Waals surface area (Å²) in [6.07, 6.45) is 13.0. The van der Waals surface area contributed by atoms with Crippen molar-refractivity contribution in [3.8, 4) is 0 Å². The summed E-state index contributed by atoms with van der Waals surface area (Å²) in [6, 6.07) is 0. The van der Waals surface area contributed by atoms with E-state index in [1.165, 1.54) is 44.9 Å². The summed E-state index contributed by atoms with van der Waals surface area (Å²) in [4.78, 5) is 19.1. The fourth-order valence-corrected chi connectivity index (χ4v) is 2.22. The maximum absolute atomic E-state index is 10.2. The molecule has 0 aromatic carbocycles. The van der Waals surface area contributed by atoms with Gasteiger partial charge in [0, 0.05) is 12.2 Å². The van der Waals surface area contributed by atoms with E-state index in [1.807, 2.05) is 0 Å². The summed E-state index contributed by atoms with van der Waals surface area (Å²) in [5.41, 5.74) is 0. The van der Waals surface area contributed by atoms with E-state index < -0.39 is 22.3 Å². The lowest BCUT2D eigenvalue weighted by Crippen LogP contribution is -2.04. The molecular formula is C16H36AlNO8S. The lowest BCUT2D eigenvalue weighted by Gasteiger charge is -2.02. The molecule has 0 aromatic heterocycles. The Morgan fingerprint density at radius 1 is 0.815 bits per heavy atom. The third-order valence-electron chi connectivity index (χ3n) is 3.10. The van der Waals surface area contributed by atoms with Crippen molar-refractivity contribution in [3.63, 3.8) is 0 Å². The third-order valence-corrected chi connectivity index (χ3v) is 3.56. The summed E-state index contributed by atoms with van der Waals surface area (Å²) in [5, 5.41) is 15.6. The van der Waals surface area contributed by atoms with Crippen molar-refractivity contribution < 1.29 is 37.0 Å². The van der Waals surface area contributed by atoms with Crippen LogP contribution in [0.5, 0.6) is 0 Å². The monoisotopic (exact) mass is 429 g/mol. The van der Waals surface area contributed by atoms with Crippen LogP contribution in [0.1, 0.15) is 71.1 Å². The normalized spacial score (nSPS) is 10.3. The first-order valence-electron chi connectivity index (χ1n) is 8.44. The van der Waals surface area contributed by atoms with Crippen LogP contribution in [-0.2, 0) is 24.2 Å². The van der Waals surface area contributed by atoms with E-state index in [9.17, 15) is 18.0 Å². The number of carbonyl (C=O) groups is 2. The quantitative estimate of drug-likeness (QED) is 0.140. The Morgan fingerprint density at radius 2 is 1.15 bits per heavy atom. The van der Waals surface area contributed by atoms with Crippen LogP contribution in [0, 0.1) is 0 Å². The van der Waals surface area contributed by atoms with E-state index in [0.29, 0.717) is 18.6 Å². The molecule has 27 heavy (non-hydrogen) atoms. The van der Waals surface area contributed by atoms with Crippen LogP contribution >= 0.6 is 0 Å². The molecule has 0 radical (unpaired) electrons. The Kier molecular flexibility index (Phi) is 28.7. The van der Waals surface area contributed by atoms with Crippen LogP contribution in [0.4, 0.5) is 0 Å². The lowest BCUT2D eigenvalue weighted by molar-refractivity contribution is -0.134. The molecule has 0 aliphatic carbocycles. The number of rotatable bonds is 14. The zero-order valence-electron chi connectivity index (χ0n) is 15.4. The van der Waals surface area contributed by atoms with Gasteiger partial charge in [-0.2, -0.15) is 8.42 Å². The van der Waals surface area contributed by atoms with Gasteiger partial charge in [-0.15, -0.1) is 0 Å². The molecule has 0 saturated carbocycles. The van der Waals surface area contributed by atoms with E-state index in [-0.39, 0.29) is 30.1 Å². The Morgan fingerprint density at radius 3 is 1.44 bits per heavy atom. The molecule has 0 fully saturated rings. The maximum Gasteiger partial charge on any atom is 0.397 e. The Bertz CT molecular complexity index is 467. The molecule has 0 rings (SSSR count). The van der Waals surface area contributed by atoms with E-state index in [4.69, 9.17) is 14.8 Å². The van der Waals surface area contributed by atoms with Gasteiger partial charge in [-0.05, 0) is 6.42 Å². The van der Waals surface area contributed by atoms with Crippen molar-refractivity contribution in [3.05, 3.63) is 12.2 Å². The van der Waals surface area contributed by atoms with Crippen LogP contribution in [0.25, 0.3) is 0 Å². The van der Waals surface area contributed by atoms with Gasteiger partial charge in [0.15, 0.2) is 17.4 Å². The second-order valence-corrected chi connectivity index (χ2v) is 6.53. The molecule has 0 spiro atoms. The minimum atomic E-state index is -4.23. The Hall–Kier alpha value is -0.958. The highest BCUT2D eigenvalue weighted by Crippen LogP contribution is 2.10. The van der Waals surface area contributed by atoms with Gasteiger partial charge in [0.05, 0.1) is 6.61 Å². The van der Waals surface area contributed by atoms with Gasteiger partial charge < -0.3 is 16.4 Å². The fraction of sp³-hybridized carbons (Fsp3) is 0.750. The summed E-state index contributed by atoms with van der Waals surface area (Å²) in [7, 11) is -4.23. The van der Waals surface area contributed by atoms with Crippen LogP contribution < -0.4 is 6.15 Å². The molecule has 9 nitrogen and oxygen atoms in total. The highest BCUT2D eigenvalue weighted by atomic mass is 32.3. The van der Waals surface area contributed by atoms with Crippen LogP contribution in [0.15, 0.2) is 12.2 Å². The van der Waals surface area contributed by atoms with Crippen molar-refractivity contribution in [1.29, 1.82) is 0 Å². The van der Waals surface area contributed by atoms with Gasteiger partial charge in [0.25, 0.3) is 0 Å². The number of hydrogen-bond donors (Lipinski definition) is 4. The summed E-state index contributed by atoms with van der Waals surface area (Å²) in [6.45, 7) is 2.31. The molecule has 162 valence electrons. The molecule has 0 aliphatic rings. The first-order valence-corrected chi connectivity index (χ1v) is 9.81. The van der Waals surface area contributed by atoms with Gasteiger partial charge >= 0.3 is 22.3 Å². The van der Waals surface area contributed by atoms with Crippen molar-refractivity contribution in [2.75, 3.05) is 6.61 Å². The van der Waals surface area contributed by atoms with Gasteiger partial charge in [0.1, 0.15) is 0 Å². The number of aliphatic carboxylic acids is 2.